The van der Waals surface area contributed by atoms with Crippen LogP contribution in [-0.2, 0) is 0 Å². The zero-order chi connectivity index (χ0) is 11.8. The molecule has 0 saturated heterocycles. The molecule has 3 nitrogen and oxygen atoms in total. The quantitative estimate of drug-likeness (QED) is 0.676. The fraction of sp³-hybridized carbons (Fsp3) is 0. The monoisotopic (exact) mass is 263 g/mol. The smallest absolute Gasteiger partial charge is 0.222 e. The van der Waals surface area contributed by atoms with Crippen molar-refractivity contribution in [3.8, 4) is 11.3 Å². The highest BCUT2D eigenvalue weighted by molar-refractivity contribution is 6.34. The van der Waals surface area contributed by atoms with Crippen LogP contribution < -0.4 is 0 Å². The Labute approximate surface area is 107 Å². The number of nitrogens with one attached hydrogen (secondary N) is 1. The Balaban J connectivity index is 2.34. The van der Waals surface area contributed by atoms with E-state index in [2.05, 4.69) is 15.0 Å². The highest BCUT2D eigenvalue weighted by atomic mass is 35.5. The predicted molar refractivity (Wildman–Crippen MR) is 69.3 cm³/mol. The van der Waals surface area contributed by atoms with Crippen molar-refractivity contribution in [3.05, 3.63) is 47.0 Å². The maximum absolute atomic E-state index is 6.10. The van der Waals surface area contributed by atoms with Crippen LogP contribution in [0, 0.1) is 0 Å². The lowest BCUT2D eigenvalue weighted by molar-refractivity contribution is 1.17. The third-order valence-electron chi connectivity index (χ3n) is 2.56. The summed E-state index contributed by atoms with van der Waals surface area (Å²) >= 11 is 11.9. The summed E-state index contributed by atoms with van der Waals surface area (Å²) in [6, 6.07) is 7.88. The summed E-state index contributed by atoms with van der Waals surface area (Å²) in [7, 11) is 0. The van der Waals surface area contributed by atoms with Gasteiger partial charge in [0, 0.05) is 22.7 Å². The molecule has 0 fully saturated rings. The van der Waals surface area contributed by atoms with Crippen molar-refractivity contribution in [2.45, 2.75) is 0 Å². The fourth-order valence-corrected chi connectivity index (χ4v) is 2.15. The number of hydrogen-bond donors (Lipinski definition) is 1. The van der Waals surface area contributed by atoms with Crippen LogP contribution in [0.2, 0.25) is 10.3 Å². The number of benzene rings is 1. The summed E-state index contributed by atoms with van der Waals surface area (Å²) in [5, 5.41) is 1.74. The Morgan fingerprint density at radius 3 is 2.88 bits per heavy atom. The van der Waals surface area contributed by atoms with Crippen LogP contribution in [0.4, 0.5) is 0 Å². The lowest BCUT2D eigenvalue weighted by Gasteiger charge is -2.05. The Morgan fingerprint density at radius 1 is 1.12 bits per heavy atom. The van der Waals surface area contributed by atoms with Gasteiger partial charge in [-0.1, -0.05) is 23.7 Å². The molecule has 0 spiro atoms. The molecule has 0 bridgehead atoms. The number of hydrogen-bond acceptors (Lipinski definition) is 2. The minimum atomic E-state index is 0.192. The van der Waals surface area contributed by atoms with E-state index >= 15 is 0 Å². The summed E-state index contributed by atoms with van der Waals surface area (Å²) in [5.74, 6) is 0. The highest BCUT2D eigenvalue weighted by Gasteiger charge is 2.10. The summed E-state index contributed by atoms with van der Waals surface area (Å²) < 4.78 is 0. The molecule has 0 atom stereocenters. The second kappa shape index (κ2) is 4.02. The zero-order valence-corrected chi connectivity index (χ0v) is 10.1. The number of nitrogens with zero attached hydrogens (tertiary/aromatic N) is 2. The summed E-state index contributed by atoms with van der Waals surface area (Å²) in [5.41, 5.74) is 2.63. The van der Waals surface area contributed by atoms with E-state index in [0.717, 1.165) is 16.5 Å². The molecular formula is C12H7Cl2N3. The average Bonchev–Trinajstić information content (AvgIpc) is 2.80. The van der Waals surface area contributed by atoms with Gasteiger partial charge in [0.1, 0.15) is 0 Å². The average molecular weight is 264 g/mol. The van der Waals surface area contributed by atoms with Crippen molar-refractivity contribution in [2.75, 3.05) is 0 Å². The van der Waals surface area contributed by atoms with Gasteiger partial charge in [0.2, 0.25) is 5.28 Å². The number of aromatic nitrogens is 3. The largest absolute Gasteiger partial charge is 0.361 e. The van der Waals surface area contributed by atoms with Gasteiger partial charge in [-0.2, -0.15) is 0 Å². The van der Waals surface area contributed by atoms with E-state index in [1.807, 2.05) is 30.5 Å². The molecule has 2 aromatic heterocycles. The second-order valence-corrected chi connectivity index (χ2v) is 4.33. The molecule has 0 aliphatic rings. The lowest BCUT2D eigenvalue weighted by atomic mass is 10.1. The molecule has 3 aromatic rings. The van der Waals surface area contributed by atoms with Crippen molar-refractivity contribution in [3.63, 3.8) is 0 Å². The van der Waals surface area contributed by atoms with E-state index in [9.17, 15) is 0 Å². The topological polar surface area (TPSA) is 41.6 Å². The molecular weight excluding hydrogens is 257 g/mol. The third-order valence-corrected chi connectivity index (χ3v) is 3.02. The van der Waals surface area contributed by atoms with Crippen LogP contribution in [0.1, 0.15) is 0 Å². The van der Waals surface area contributed by atoms with Crippen LogP contribution in [-0.4, -0.2) is 15.0 Å². The molecule has 0 aliphatic heterocycles. The van der Waals surface area contributed by atoms with Crippen molar-refractivity contribution in [1.82, 2.24) is 15.0 Å². The summed E-state index contributed by atoms with van der Waals surface area (Å²) in [6.07, 6.45) is 3.39. The van der Waals surface area contributed by atoms with Crippen molar-refractivity contribution >= 4 is 34.1 Å². The molecule has 17 heavy (non-hydrogen) atoms. The number of H-pyrrole nitrogens is 1. The van der Waals surface area contributed by atoms with E-state index in [1.54, 1.807) is 0 Å². The van der Waals surface area contributed by atoms with Crippen LogP contribution in [0.3, 0.4) is 0 Å². The molecule has 1 aromatic carbocycles. The van der Waals surface area contributed by atoms with Gasteiger partial charge in [-0.05, 0) is 23.7 Å². The molecule has 5 heteroatoms. The molecule has 84 valence electrons. The maximum Gasteiger partial charge on any atom is 0.222 e. The van der Waals surface area contributed by atoms with Crippen LogP contribution in [0.25, 0.3) is 22.2 Å². The van der Waals surface area contributed by atoms with E-state index in [4.69, 9.17) is 23.2 Å². The minimum Gasteiger partial charge on any atom is -0.361 e. The maximum atomic E-state index is 6.10. The Kier molecular flexibility index (Phi) is 2.50. The molecule has 0 unspecified atom stereocenters. The first-order chi connectivity index (χ1) is 8.25. The van der Waals surface area contributed by atoms with Crippen molar-refractivity contribution in [1.29, 1.82) is 0 Å². The SMILES string of the molecule is Clc1ncc(Cl)c(-c2cccc3[nH]ccc23)n1. The first kappa shape index (κ1) is 10.6. The fourth-order valence-electron chi connectivity index (χ4n) is 1.83. The Morgan fingerprint density at radius 2 is 2.00 bits per heavy atom. The Hall–Kier alpha value is -1.58. The molecule has 1 N–H and O–H groups in total. The van der Waals surface area contributed by atoms with E-state index in [0.29, 0.717) is 10.7 Å². The van der Waals surface area contributed by atoms with Crippen molar-refractivity contribution in [2.24, 2.45) is 0 Å². The van der Waals surface area contributed by atoms with Gasteiger partial charge in [0.15, 0.2) is 0 Å². The highest BCUT2D eigenvalue weighted by Crippen LogP contribution is 2.31. The van der Waals surface area contributed by atoms with Gasteiger partial charge in [0.25, 0.3) is 0 Å². The van der Waals surface area contributed by atoms with Gasteiger partial charge >= 0.3 is 0 Å². The Bertz CT molecular complexity index is 691. The van der Waals surface area contributed by atoms with Crippen LogP contribution in [0.15, 0.2) is 36.7 Å². The standard InChI is InChI=1S/C12H7Cl2N3/c13-9-6-16-12(14)17-11(9)8-2-1-3-10-7(8)4-5-15-10/h1-6,15H. The van der Waals surface area contributed by atoms with Gasteiger partial charge in [-0.25, -0.2) is 9.97 Å². The van der Waals surface area contributed by atoms with Gasteiger partial charge in [-0.3, -0.25) is 0 Å². The molecule has 0 amide bonds. The van der Waals surface area contributed by atoms with Crippen LogP contribution in [0.5, 0.6) is 0 Å². The molecule has 0 saturated carbocycles. The number of halogens is 2. The van der Waals surface area contributed by atoms with E-state index < -0.39 is 0 Å². The predicted octanol–water partition coefficient (Wildman–Crippen LogP) is 3.93. The van der Waals surface area contributed by atoms with Gasteiger partial charge in [-0.15, -0.1) is 0 Å². The summed E-state index contributed by atoms with van der Waals surface area (Å²) in [6.45, 7) is 0. The van der Waals surface area contributed by atoms with Gasteiger partial charge < -0.3 is 4.98 Å². The number of aromatic amines is 1. The lowest BCUT2D eigenvalue weighted by Crippen LogP contribution is -1.89. The first-order valence-electron chi connectivity index (χ1n) is 5.00. The second-order valence-electron chi connectivity index (χ2n) is 3.58. The normalized spacial score (nSPS) is 10.9. The first-order valence-corrected chi connectivity index (χ1v) is 5.76. The van der Waals surface area contributed by atoms with Crippen LogP contribution >= 0.6 is 23.2 Å². The number of fused-ring (bicyclic) bond motifs is 1. The summed E-state index contributed by atoms with van der Waals surface area (Å²) in [4.78, 5) is 11.2. The van der Waals surface area contributed by atoms with Gasteiger partial charge in [0.05, 0.1) is 16.9 Å². The number of rotatable bonds is 1. The molecule has 0 radical (unpaired) electrons. The molecule has 3 rings (SSSR count). The zero-order valence-electron chi connectivity index (χ0n) is 8.61. The third kappa shape index (κ3) is 1.77. The van der Waals surface area contributed by atoms with E-state index in [1.165, 1.54) is 6.20 Å². The van der Waals surface area contributed by atoms with E-state index in [-0.39, 0.29) is 5.28 Å². The molecule has 2 heterocycles. The minimum absolute atomic E-state index is 0.192. The molecule has 0 aliphatic carbocycles. The van der Waals surface area contributed by atoms with Crippen molar-refractivity contribution < 1.29 is 0 Å².